The number of carbonyl (C=O) groups is 2. The first-order valence-electron chi connectivity index (χ1n) is 14.5. The first kappa shape index (κ1) is 31.5. The highest BCUT2D eigenvalue weighted by atomic mass is 32.2. The molecule has 224 valence electrons. The standard InChI is InChI=1S/C35H39N3O4S/c1-4-28(3)36-35(40)33(24-29-16-8-5-9-17-29)37(25-30-18-14-15-27(2)23-30)34(39)26-38(31-19-10-6-11-20-31)43(41,42)32-21-12-7-13-22-32/h5-23,28,33H,4,24-26H2,1-3H3,(H,36,40)/t28-,33-/m0/s1. The Balaban J connectivity index is 1.79. The second-order valence-corrected chi connectivity index (χ2v) is 12.6. The second kappa shape index (κ2) is 14.6. The van der Waals surface area contributed by atoms with E-state index in [-0.39, 0.29) is 29.8 Å². The molecular formula is C35H39N3O4S. The van der Waals surface area contributed by atoms with Crippen LogP contribution in [0, 0.1) is 6.92 Å². The molecule has 0 aliphatic carbocycles. The number of hydrogen-bond acceptors (Lipinski definition) is 4. The maximum atomic E-state index is 14.4. The smallest absolute Gasteiger partial charge is 0.264 e. The van der Waals surface area contributed by atoms with E-state index >= 15 is 0 Å². The van der Waals surface area contributed by atoms with E-state index in [2.05, 4.69) is 5.32 Å². The molecule has 0 unspecified atom stereocenters. The molecule has 0 fully saturated rings. The Morgan fingerprint density at radius 2 is 1.37 bits per heavy atom. The fourth-order valence-corrected chi connectivity index (χ4v) is 6.28. The van der Waals surface area contributed by atoms with E-state index in [9.17, 15) is 18.0 Å². The van der Waals surface area contributed by atoms with Crippen molar-refractivity contribution in [3.05, 3.63) is 132 Å². The fourth-order valence-electron chi connectivity index (χ4n) is 4.84. The number of sulfonamides is 1. The maximum Gasteiger partial charge on any atom is 0.264 e. The first-order chi connectivity index (χ1) is 20.7. The molecular weight excluding hydrogens is 558 g/mol. The highest BCUT2D eigenvalue weighted by molar-refractivity contribution is 7.92. The molecule has 0 bridgehead atoms. The molecule has 2 atom stereocenters. The highest BCUT2D eigenvalue weighted by Crippen LogP contribution is 2.25. The zero-order chi connectivity index (χ0) is 30.8. The number of para-hydroxylation sites is 1. The van der Waals surface area contributed by atoms with Crippen LogP contribution in [0.5, 0.6) is 0 Å². The lowest BCUT2D eigenvalue weighted by molar-refractivity contribution is -0.140. The number of amides is 2. The second-order valence-electron chi connectivity index (χ2n) is 10.7. The Morgan fingerprint density at radius 1 is 0.791 bits per heavy atom. The molecule has 7 nitrogen and oxygen atoms in total. The summed E-state index contributed by atoms with van der Waals surface area (Å²) in [6, 6.07) is 33.0. The van der Waals surface area contributed by atoms with Crippen LogP contribution in [0.3, 0.4) is 0 Å². The van der Waals surface area contributed by atoms with Crippen molar-refractivity contribution in [1.29, 1.82) is 0 Å². The van der Waals surface area contributed by atoms with E-state index < -0.39 is 28.5 Å². The molecule has 0 aliphatic heterocycles. The summed E-state index contributed by atoms with van der Waals surface area (Å²) in [7, 11) is -4.10. The molecule has 0 radical (unpaired) electrons. The Hall–Kier alpha value is -4.43. The Labute approximate surface area is 255 Å². The summed E-state index contributed by atoms with van der Waals surface area (Å²) in [5, 5.41) is 3.06. The van der Waals surface area contributed by atoms with Gasteiger partial charge >= 0.3 is 0 Å². The summed E-state index contributed by atoms with van der Waals surface area (Å²) in [5.74, 6) is -0.763. The van der Waals surface area contributed by atoms with Crippen LogP contribution in [0.2, 0.25) is 0 Å². The lowest BCUT2D eigenvalue weighted by Crippen LogP contribution is -2.54. The summed E-state index contributed by atoms with van der Waals surface area (Å²) in [5.41, 5.74) is 3.12. The molecule has 0 saturated carbocycles. The third-order valence-corrected chi connectivity index (χ3v) is 9.15. The van der Waals surface area contributed by atoms with E-state index in [1.54, 1.807) is 48.5 Å². The number of rotatable bonds is 13. The minimum atomic E-state index is -4.10. The first-order valence-corrected chi connectivity index (χ1v) is 15.9. The lowest BCUT2D eigenvalue weighted by Gasteiger charge is -2.34. The number of benzene rings is 4. The minimum Gasteiger partial charge on any atom is -0.352 e. The monoisotopic (exact) mass is 597 g/mol. The van der Waals surface area contributed by atoms with Gasteiger partial charge in [0, 0.05) is 19.0 Å². The van der Waals surface area contributed by atoms with Gasteiger partial charge in [-0.25, -0.2) is 8.42 Å². The summed E-state index contributed by atoms with van der Waals surface area (Å²) in [6.07, 6.45) is 1.00. The van der Waals surface area contributed by atoms with Gasteiger partial charge in [-0.15, -0.1) is 0 Å². The zero-order valence-corrected chi connectivity index (χ0v) is 25.7. The van der Waals surface area contributed by atoms with Crippen molar-refractivity contribution < 1.29 is 18.0 Å². The van der Waals surface area contributed by atoms with Crippen molar-refractivity contribution in [3.63, 3.8) is 0 Å². The molecule has 0 heterocycles. The lowest BCUT2D eigenvalue weighted by atomic mass is 10.0. The van der Waals surface area contributed by atoms with E-state index in [0.717, 1.165) is 27.4 Å². The summed E-state index contributed by atoms with van der Waals surface area (Å²) >= 11 is 0. The molecule has 0 aromatic heterocycles. The average molecular weight is 598 g/mol. The van der Waals surface area contributed by atoms with Crippen molar-refractivity contribution in [2.45, 2.75) is 57.1 Å². The SMILES string of the molecule is CC[C@H](C)NC(=O)[C@H](Cc1ccccc1)N(Cc1cccc(C)c1)C(=O)CN(c1ccccc1)S(=O)(=O)c1ccccc1. The predicted molar refractivity (Wildman–Crippen MR) is 171 cm³/mol. The fraction of sp³-hybridized carbons (Fsp3) is 0.257. The van der Waals surface area contributed by atoms with E-state index in [4.69, 9.17) is 0 Å². The summed E-state index contributed by atoms with van der Waals surface area (Å²) in [6.45, 7) is 5.54. The van der Waals surface area contributed by atoms with Crippen molar-refractivity contribution >= 4 is 27.5 Å². The molecule has 0 aliphatic rings. The number of nitrogens with zero attached hydrogens (tertiary/aromatic N) is 2. The largest absolute Gasteiger partial charge is 0.352 e. The van der Waals surface area contributed by atoms with Crippen molar-refractivity contribution in [3.8, 4) is 0 Å². The molecule has 4 rings (SSSR count). The van der Waals surface area contributed by atoms with Gasteiger partial charge in [0.2, 0.25) is 11.8 Å². The van der Waals surface area contributed by atoms with Gasteiger partial charge in [-0.3, -0.25) is 13.9 Å². The third kappa shape index (κ3) is 8.32. The van der Waals surface area contributed by atoms with Crippen LogP contribution in [0.15, 0.2) is 120 Å². The average Bonchev–Trinajstić information content (AvgIpc) is 3.02. The Morgan fingerprint density at radius 3 is 1.98 bits per heavy atom. The molecule has 4 aromatic carbocycles. The molecule has 43 heavy (non-hydrogen) atoms. The van der Waals surface area contributed by atoms with Gasteiger partial charge in [0.15, 0.2) is 0 Å². The van der Waals surface area contributed by atoms with Gasteiger partial charge in [0.25, 0.3) is 10.0 Å². The number of anilines is 1. The van der Waals surface area contributed by atoms with Crippen LogP contribution >= 0.6 is 0 Å². The van der Waals surface area contributed by atoms with Gasteiger partial charge in [0.05, 0.1) is 10.6 Å². The van der Waals surface area contributed by atoms with Gasteiger partial charge < -0.3 is 10.2 Å². The summed E-state index contributed by atoms with van der Waals surface area (Å²) < 4.78 is 29.0. The van der Waals surface area contributed by atoms with Gasteiger partial charge in [-0.1, -0.05) is 103 Å². The highest BCUT2D eigenvalue weighted by Gasteiger charge is 2.34. The molecule has 1 N–H and O–H groups in total. The normalized spacial score (nSPS) is 12.6. The van der Waals surface area contributed by atoms with Gasteiger partial charge in [0.1, 0.15) is 12.6 Å². The zero-order valence-electron chi connectivity index (χ0n) is 24.9. The van der Waals surface area contributed by atoms with Crippen LogP contribution in [0.25, 0.3) is 0 Å². The number of nitrogens with one attached hydrogen (secondary N) is 1. The Kier molecular flexibility index (Phi) is 10.7. The maximum absolute atomic E-state index is 14.4. The number of carbonyl (C=O) groups excluding carboxylic acids is 2. The van der Waals surface area contributed by atoms with Gasteiger partial charge in [-0.05, 0) is 55.7 Å². The van der Waals surface area contributed by atoms with Crippen molar-refractivity contribution in [1.82, 2.24) is 10.2 Å². The van der Waals surface area contributed by atoms with E-state index in [0.29, 0.717) is 5.69 Å². The Bertz CT molecular complexity index is 1600. The van der Waals surface area contributed by atoms with Crippen molar-refractivity contribution in [2.24, 2.45) is 0 Å². The topological polar surface area (TPSA) is 86.8 Å². The van der Waals surface area contributed by atoms with Crippen LogP contribution in [-0.2, 0) is 32.6 Å². The molecule has 4 aromatic rings. The molecule has 8 heteroatoms. The van der Waals surface area contributed by atoms with E-state index in [1.165, 1.54) is 17.0 Å². The molecule has 0 saturated heterocycles. The van der Waals surface area contributed by atoms with Crippen molar-refractivity contribution in [2.75, 3.05) is 10.8 Å². The number of hydrogen-bond donors (Lipinski definition) is 1. The number of aryl methyl sites for hydroxylation is 1. The quantitative estimate of drug-likeness (QED) is 0.213. The van der Waals surface area contributed by atoms with Crippen LogP contribution in [0.4, 0.5) is 5.69 Å². The minimum absolute atomic E-state index is 0.0761. The van der Waals surface area contributed by atoms with Crippen LogP contribution in [0.1, 0.15) is 37.0 Å². The van der Waals surface area contributed by atoms with Crippen LogP contribution in [-0.4, -0.2) is 43.8 Å². The summed E-state index contributed by atoms with van der Waals surface area (Å²) in [4.78, 5) is 29.9. The third-order valence-electron chi connectivity index (χ3n) is 7.36. The molecule has 0 spiro atoms. The molecule has 2 amide bonds. The van der Waals surface area contributed by atoms with E-state index in [1.807, 2.05) is 75.4 Å². The van der Waals surface area contributed by atoms with Crippen LogP contribution < -0.4 is 9.62 Å². The van der Waals surface area contributed by atoms with Gasteiger partial charge in [-0.2, -0.15) is 0 Å². The predicted octanol–water partition coefficient (Wildman–Crippen LogP) is 5.75.